The van der Waals surface area contributed by atoms with Gasteiger partial charge in [0.25, 0.3) is 5.91 Å². The molecule has 5 rings (SSSR count). The van der Waals surface area contributed by atoms with Gasteiger partial charge in [0.1, 0.15) is 11.5 Å². The smallest absolute Gasteiger partial charge is 0.273 e. The standard InChI is InChI=1S/C25H31N7O/c1-17(2)32-16-20-22(24(32)33)28-25(31-10-6-9-30(3)11-12-31)29-23(20)27-15-18-13-19-7-4-5-8-21(19)26-14-18/h4-5,7-8,13-14,17H,6,9-12,15-16H2,1-3H3,(H,27,28,29). The van der Waals surface area contributed by atoms with Crippen molar-refractivity contribution in [2.24, 2.45) is 0 Å². The highest BCUT2D eigenvalue weighted by Gasteiger charge is 2.34. The monoisotopic (exact) mass is 445 g/mol. The van der Waals surface area contributed by atoms with Crippen LogP contribution in [0.2, 0.25) is 0 Å². The summed E-state index contributed by atoms with van der Waals surface area (Å²) in [6, 6.07) is 10.4. The maximum atomic E-state index is 13.1. The van der Waals surface area contributed by atoms with Gasteiger partial charge in [-0.3, -0.25) is 9.78 Å². The molecule has 0 bridgehead atoms. The number of benzene rings is 1. The van der Waals surface area contributed by atoms with Gasteiger partial charge in [0.15, 0.2) is 0 Å². The lowest BCUT2D eigenvalue weighted by Gasteiger charge is -2.22. The summed E-state index contributed by atoms with van der Waals surface area (Å²) in [7, 11) is 2.14. The summed E-state index contributed by atoms with van der Waals surface area (Å²) in [5, 5.41) is 4.61. The zero-order chi connectivity index (χ0) is 22.9. The van der Waals surface area contributed by atoms with E-state index in [2.05, 4.69) is 39.3 Å². The first-order valence-corrected chi connectivity index (χ1v) is 11.7. The number of carbonyl (C=O) groups excluding carboxylic acids is 1. The molecule has 1 aromatic carbocycles. The molecule has 2 aliphatic heterocycles. The Morgan fingerprint density at radius 3 is 2.79 bits per heavy atom. The van der Waals surface area contributed by atoms with E-state index in [0.29, 0.717) is 24.7 Å². The quantitative estimate of drug-likeness (QED) is 0.646. The molecule has 1 saturated heterocycles. The van der Waals surface area contributed by atoms with Gasteiger partial charge >= 0.3 is 0 Å². The van der Waals surface area contributed by atoms with Crippen LogP contribution in [0, 0.1) is 0 Å². The summed E-state index contributed by atoms with van der Waals surface area (Å²) in [6.45, 7) is 8.95. The summed E-state index contributed by atoms with van der Waals surface area (Å²) < 4.78 is 0. The average molecular weight is 446 g/mol. The first-order valence-electron chi connectivity index (χ1n) is 11.7. The minimum Gasteiger partial charge on any atom is -0.365 e. The van der Waals surface area contributed by atoms with E-state index in [9.17, 15) is 4.79 Å². The van der Waals surface area contributed by atoms with Crippen LogP contribution in [0.15, 0.2) is 36.5 Å². The minimum atomic E-state index is -0.00832. The van der Waals surface area contributed by atoms with E-state index >= 15 is 0 Å². The van der Waals surface area contributed by atoms with Gasteiger partial charge in [-0.25, -0.2) is 4.98 Å². The fraction of sp³-hybridized carbons (Fsp3) is 0.440. The number of anilines is 2. The van der Waals surface area contributed by atoms with E-state index in [-0.39, 0.29) is 11.9 Å². The van der Waals surface area contributed by atoms with Gasteiger partial charge in [0, 0.05) is 49.4 Å². The molecule has 0 radical (unpaired) electrons. The molecule has 0 atom stereocenters. The highest BCUT2D eigenvalue weighted by molar-refractivity contribution is 5.98. The number of likely N-dealkylation sites (N-methyl/N-ethyl adjacent to an activating group) is 1. The predicted molar refractivity (Wildman–Crippen MR) is 130 cm³/mol. The number of para-hydroxylation sites is 1. The summed E-state index contributed by atoms with van der Waals surface area (Å²) in [6.07, 6.45) is 2.95. The molecule has 8 heteroatoms. The summed E-state index contributed by atoms with van der Waals surface area (Å²) in [4.78, 5) is 33.8. The second kappa shape index (κ2) is 8.94. The molecule has 0 aliphatic carbocycles. The molecular formula is C25H31N7O. The number of hydrogen-bond acceptors (Lipinski definition) is 7. The molecule has 4 heterocycles. The van der Waals surface area contributed by atoms with Gasteiger partial charge in [-0.1, -0.05) is 18.2 Å². The third kappa shape index (κ3) is 4.35. The van der Waals surface area contributed by atoms with Crippen molar-refractivity contribution in [1.82, 2.24) is 24.8 Å². The Morgan fingerprint density at radius 2 is 1.94 bits per heavy atom. The normalized spacial score (nSPS) is 17.0. The van der Waals surface area contributed by atoms with Gasteiger partial charge in [0.05, 0.1) is 12.1 Å². The van der Waals surface area contributed by atoms with Crippen LogP contribution in [0.3, 0.4) is 0 Å². The summed E-state index contributed by atoms with van der Waals surface area (Å²) in [5.41, 5.74) is 3.48. The topological polar surface area (TPSA) is 77.5 Å². The first-order chi connectivity index (χ1) is 16.0. The molecule has 0 saturated carbocycles. The second-order valence-corrected chi connectivity index (χ2v) is 9.26. The lowest BCUT2D eigenvalue weighted by molar-refractivity contribution is 0.0726. The Labute approximate surface area is 194 Å². The zero-order valence-corrected chi connectivity index (χ0v) is 19.6. The lowest BCUT2D eigenvalue weighted by atomic mass is 10.1. The number of nitrogens with one attached hydrogen (secondary N) is 1. The number of hydrogen-bond donors (Lipinski definition) is 1. The van der Waals surface area contributed by atoms with Crippen molar-refractivity contribution >= 4 is 28.6 Å². The largest absolute Gasteiger partial charge is 0.365 e. The number of rotatable bonds is 5. The average Bonchev–Trinajstić information content (AvgIpc) is 3.00. The van der Waals surface area contributed by atoms with Gasteiger partial charge in [-0.05, 0) is 51.6 Å². The Morgan fingerprint density at radius 1 is 1.09 bits per heavy atom. The van der Waals surface area contributed by atoms with Crippen LogP contribution >= 0.6 is 0 Å². The van der Waals surface area contributed by atoms with E-state index in [1.54, 1.807) is 0 Å². The van der Waals surface area contributed by atoms with Crippen molar-refractivity contribution in [2.45, 2.75) is 39.4 Å². The van der Waals surface area contributed by atoms with Crippen molar-refractivity contribution in [1.29, 1.82) is 0 Å². The number of amides is 1. The summed E-state index contributed by atoms with van der Waals surface area (Å²) >= 11 is 0. The Hall–Kier alpha value is -3.26. The van der Waals surface area contributed by atoms with Crippen LogP contribution in [-0.4, -0.2) is 69.9 Å². The lowest BCUT2D eigenvalue weighted by Crippen LogP contribution is -2.32. The SMILES string of the molecule is CC(C)N1Cc2c(NCc3cnc4ccccc4c3)nc(N3CCCN(C)CC3)nc2C1=O. The van der Waals surface area contributed by atoms with Crippen LogP contribution in [0.1, 0.15) is 41.9 Å². The molecule has 0 unspecified atom stereocenters. The third-order valence-electron chi connectivity index (χ3n) is 6.52. The van der Waals surface area contributed by atoms with E-state index in [1.165, 1.54) is 0 Å². The van der Waals surface area contributed by atoms with Gasteiger partial charge in [0.2, 0.25) is 5.95 Å². The molecular weight excluding hydrogens is 414 g/mol. The van der Waals surface area contributed by atoms with Crippen LogP contribution in [0.25, 0.3) is 10.9 Å². The fourth-order valence-corrected chi connectivity index (χ4v) is 4.53. The number of aromatic nitrogens is 3. The van der Waals surface area contributed by atoms with E-state index < -0.39 is 0 Å². The van der Waals surface area contributed by atoms with Crippen molar-refractivity contribution in [3.63, 3.8) is 0 Å². The minimum absolute atomic E-state index is 0.00832. The molecule has 1 amide bonds. The highest BCUT2D eigenvalue weighted by Crippen LogP contribution is 2.31. The summed E-state index contributed by atoms with van der Waals surface area (Å²) in [5.74, 6) is 1.38. The molecule has 8 nitrogen and oxygen atoms in total. The van der Waals surface area contributed by atoms with Crippen LogP contribution in [-0.2, 0) is 13.1 Å². The predicted octanol–water partition coefficient (Wildman–Crippen LogP) is 3.14. The molecule has 33 heavy (non-hydrogen) atoms. The van der Waals surface area contributed by atoms with Crippen molar-refractivity contribution in [3.05, 3.63) is 53.3 Å². The van der Waals surface area contributed by atoms with E-state index in [4.69, 9.17) is 9.97 Å². The molecule has 2 aliphatic rings. The number of fused-ring (bicyclic) bond motifs is 2. The maximum absolute atomic E-state index is 13.1. The zero-order valence-electron chi connectivity index (χ0n) is 19.6. The maximum Gasteiger partial charge on any atom is 0.273 e. The second-order valence-electron chi connectivity index (χ2n) is 9.26. The molecule has 0 spiro atoms. The van der Waals surface area contributed by atoms with Crippen LogP contribution in [0.5, 0.6) is 0 Å². The van der Waals surface area contributed by atoms with Crippen molar-refractivity contribution < 1.29 is 4.79 Å². The van der Waals surface area contributed by atoms with Crippen LogP contribution in [0.4, 0.5) is 11.8 Å². The third-order valence-corrected chi connectivity index (χ3v) is 6.52. The van der Waals surface area contributed by atoms with Gasteiger partial charge in [-0.15, -0.1) is 0 Å². The van der Waals surface area contributed by atoms with Gasteiger partial charge in [-0.2, -0.15) is 4.98 Å². The molecule has 3 aromatic rings. The molecule has 1 fully saturated rings. The Bertz CT molecular complexity index is 1180. The van der Waals surface area contributed by atoms with Crippen molar-refractivity contribution in [2.75, 3.05) is 43.4 Å². The molecule has 1 N–H and O–H groups in total. The Balaban J connectivity index is 1.46. The van der Waals surface area contributed by atoms with E-state index in [0.717, 1.165) is 60.4 Å². The Kier molecular flexibility index (Phi) is 5.85. The number of nitrogens with zero attached hydrogens (tertiary/aromatic N) is 6. The van der Waals surface area contributed by atoms with Crippen molar-refractivity contribution in [3.8, 4) is 0 Å². The fourth-order valence-electron chi connectivity index (χ4n) is 4.53. The highest BCUT2D eigenvalue weighted by atomic mass is 16.2. The number of carbonyl (C=O) groups is 1. The van der Waals surface area contributed by atoms with Crippen LogP contribution < -0.4 is 10.2 Å². The van der Waals surface area contributed by atoms with E-state index in [1.807, 2.05) is 43.1 Å². The first kappa shape index (κ1) is 21.6. The molecule has 2 aromatic heterocycles. The number of pyridine rings is 1. The molecule has 172 valence electrons. The van der Waals surface area contributed by atoms with Gasteiger partial charge < -0.3 is 20.0 Å².